The summed E-state index contributed by atoms with van der Waals surface area (Å²) in [5.74, 6) is -0.456. The number of nitrogens with one attached hydrogen (secondary N) is 2. The minimum atomic E-state index is -0.509. The molecule has 0 aromatic heterocycles. The minimum absolute atomic E-state index is 0.0295. The number of carbonyl (C=O) groups excluding carboxylic acids is 3. The summed E-state index contributed by atoms with van der Waals surface area (Å²) in [6.45, 7) is 5.58. The van der Waals surface area contributed by atoms with Crippen molar-refractivity contribution < 1.29 is 19.1 Å². The lowest BCUT2D eigenvalue weighted by atomic mass is 9.86. The van der Waals surface area contributed by atoms with E-state index in [1.807, 2.05) is 13.8 Å². The Morgan fingerprint density at radius 1 is 1.14 bits per heavy atom. The minimum Gasteiger partial charge on any atom is -0.469 e. The number of ether oxygens (including phenoxy) is 1. The lowest BCUT2D eigenvalue weighted by Crippen LogP contribution is -2.52. The first-order valence-corrected chi connectivity index (χ1v) is 8.06. The van der Waals surface area contributed by atoms with E-state index in [-0.39, 0.29) is 35.7 Å². The van der Waals surface area contributed by atoms with Crippen LogP contribution in [0.2, 0.25) is 0 Å². The van der Waals surface area contributed by atoms with Gasteiger partial charge >= 0.3 is 5.97 Å². The molecule has 6 heteroatoms. The molecule has 0 spiro atoms. The first kappa shape index (κ1) is 18.5. The maximum absolute atomic E-state index is 12.4. The van der Waals surface area contributed by atoms with Gasteiger partial charge in [-0.15, -0.1) is 0 Å². The molecule has 1 aliphatic carbocycles. The van der Waals surface area contributed by atoms with Gasteiger partial charge in [0.1, 0.15) is 6.04 Å². The zero-order chi connectivity index (χ0) is 16.7. The van der Waals surface area contributed by atoms with Crippen LogP contribution < -0.4 is 10.6 Å². The van der Waals surface area contributed by atoms with E-state index in [4.69, 9.17) is 4.74 Å². The standard InChI is InChI=1S/C16H28N2O4/c1-5-13(19)18-14(10(2)3)15(20)17-12-8-6-11(7-9-12)16(21)22-4/h10-12,14H,5-9H2,1-4H3,(H,17,20)(H,18,19)/t11?,12?,14-/m0/s1. The maximum Gasteiger partial charge on any atom is 0.308 e. The normalized spacial score (nSPS) is 22.8. The summed E-state index contributed by atoms with van der Waals surface area (Å²) in [7, 11) is 1.40. The smallest absolute Gasteiger partial charge is 0.308 e. The molecule has 1 fully saturated rings. The van der Waals surface area contributed by atoms with Gasteiger partial charge in [0.05, 0.1) is 13.0 Å². The summed E-state index contributed by atoms with van der Waals surface area (Å²) in [4.78, 5) is 35.4. The third kappa shape index (κ3) is 5.31. The van der Waals surface area contributed by atoms with E-state index >= 15 is 0 Å². The molecule has 2 N–H and O–H groups in total. The van der Waals surface area contributed by atoms with E-state index in [9.17, 15) is 14.4 Å². The molecule has 2 amide bonds. The van der Waals surface area contributed by atoms with Crippen molar-refractivity contribution in [1.82, 2.24) is 10.6 Å². The maximum atomic E-state index is 12.4. The quantitative estimate of drug-likeness (QED) is 0.726. The van der Waals surface area contributed by atoms with E-state index in [1.165, 1.54) is 7.11 Å². The van der Waals surface area contributed by atoms with Crippen LogP contribution in [0.5, 0.6) is 0 Å². The molecule has 0 saturated heterocycles. The molecule has 22 heavy (non-hydrogen) atoms. The van der Waals surface area contributed by atoms with Crippen LogP contribution >= 0.6 is 0 Å². The zero-order valence-electron chi connectivity index (χ0n) is 14.0. The van der Waals surface area contributed by atoms with Gasteiger partial charge in [-0.1, -0.05) is 20.8 Å². The Morgan fingerprint density at radius 2 is 1.73 bits per heavy atom. The third-order valence-electron chi connectivity index (χ3n) is 4.19. The lowest BCUT2D eigenvalue weighted by molar-refractivity contribution is -0.146. The van der Waals surface area contributed by atoms with Gasteiger partial charge in [-0.3, -0.25) is 14.4 Å². The molecule has 1 aliphatic rings. The van der Waals surface area contributed by atoms with Crippen LogP contribution in [0.15, 0.2) is 0 Å². The molecule has 126 valence electrons. The van der Waals surface area contributed by atoms with Crippen molar-refractivity contribution in [3.05, 3.63) is 0 Å². The molecule has 1 saturated carbocycles. The first-order valence-electron chi connectivity index (χ1n) is 8.06. The summed E-state index contributed by atoms with van der Waals surface area (Å²) < 4.78 is 4.76. The number of amides is 2. The SMILES string of the molecule is CCC(=O)N[C@H](C(=O)NC1CCC(C(=O)OC)CC1)C(C)C. The molecule has 0 aliphatic heterocycles. The van der Waals surface area contributed by atoms with E-state index in [1.54, 1.807) is 6.92 Å². The summed E-state index contributed by atoms with van der Waals surface area (Å²) in [5.41, 5.74) is 0. The van der Waals surface area contributed by atoms with Crippen molar-refractivity contribution in [3.63, 3.8) is 0 Å². The van der Waals surface area contributed by atoms with Crippen molar-refractivity contribution in [3.8, 4) is 0 Å². The Balaban J connectivity index is 2.50. The van der Waals surface area contributed by atoms with Crippen LogP contribution in [0.1, 0.15) is 52.9 Å². The molecular weight excluding hydrogens is 284 g/mol. The average molecular weight is 312 g/mol. The van der Waals surface area contributed by atoms with Gasteiger partial charge in [-0.25, -0.2) is 0 Å². The number of esters is 1. The van der Waals surface area contributed by atoms with Crippen molar-refractivity contribution in [2.24, 2.45) is 11.8 Å². The summed E-state index contributed by atoms with van der Waals surface area (Å²) in [5, 5.41) is 5.77. The number of hydrogen-bond donors (Lipinski definition) is 2. The second-order valence-corrected chi connectivity index (χ2v) is 6.22. The monoisotopic (exact) mass is 312 g/mol. The van der Waals surface area contributed by atoms with Gasteiger partial charge in [-0.2, -0.15) is 0 Å². The summed E-state index contributed by atoms with van der Waals surface area (Å²) in [6, 6.07) is -0.445. The number of rotatable bonds is 6. The molecule has 1 rings (SSSR count). The fourth-order valence-electron chi connectivity index (χ4n) is 2.74. The van der Waals surface area contributed by atoms with Crippen molar-refractivity contribution in [2.45, 2.75) is 65.0 Å². The summed E-state index contributed by atoms with van der Waals surface area (Å²) in [6.07, 6.45) is 3.34. The molecule has 0 bridgehead atoms. The molecule has 0 aromatic carbocycles. The third-order valence-corrected chi connectivity index (χ3v) is 4.19. The highest BCUT2D eigenvalue weighted by atomic mass is 16.5. The Bertz CT molecular complexity index is 401. The van der Waals surface area contributed by atoms with E-state index < -0.39 is 6.04 Å². The van der Waals surface area contributed by atoms with Crippen LogP contribution in [0.25, 0.3) is 0 Å². The molecule has 0 radical (unpaired) electrons. The zero-order valence-corrected chi connectivity index (χ0v) is 14.0. The van der Waals surface area contributed by atoms with Gasteiger partial charge in [0, 0.05) is 12.5 Å². The largest absolute Gasteiger partial charge is 0.469 e. The van der Waals surface area contributed by atoms with Crippen LogP contribution in [0.3, 0.4) is 0 Å². The van der Waals surface area contributed by atoms with Crippen LogP contribution in [-0.2, 0) is 19.1 Å². The van der Waals surface area contributed by atoms with Crippen LogP contribution in [-0.4, -0.2) is 37.0 Å². The van der Waals surface area contributed by atoms with Gasteiger partial charge in [0.15, 0.2) is 0 Å². The van der Waals surface area contributed by atoms with Crippen LogP contribution in [0, 0.1) is 11.8 Å². The highest BCUT2D eigenvalue weighted by Gasteiger charge is 2.30. The van der Waals surface area contributed by atoms with E-state index in [2.05, 4.69) is 10.6 Å². The molecule has 0 unspecified atom stereocenters. The number of hydrogen-bond acceptors (Lipinski definition) is 4. The van der Waals surface area contributed by atoms with Crippen molar-refractivity contribution in [2.75, 3.05) is 7.11 Å². The molecule has 0 heterocycles. The highest BCUT2D eigenvalue weighted by Crippen LogP contribution is 2.25. The number of methoxy groups -OCH3 is 1. The van der Waals surface area contributed by atoms with Crippen LogP contribution in [0.4, 0.5) is 0 Å². The predicted octanol–water partition coefficient (Wildman–Crippen LogP) is 1.39. The molecule has 6 nitrogen and oxygen atoms in total. The van der Waals surface area contributed by atoms with Crippen molar-refractivity contribution in [1.29, 1.82) is 0 Å². The van der Waals surface area contributed by atoms with Gasteiger partial charge < -0.3 is 15.4 Å². The van der Waals surface area contributed by atoms with Gasteiger partial charge in [0.25, 0.3) is 0 Å². The fraction of sp³-hybridized carbons (Fsp3) is 0.812. The Morgan fingerprint density at radius 3 is 2.18 bits per heavy atom. The van der Waals surface area contributed by atoms with Crippen molar-refractivity contribution >= 4 is 17.8 Å². The Kier molecular flexibility index (Phi) is 7.35. The molecule has 1 atom stereocenters. The Hall–Kier alpha value is -1.59. The fourth-order valence-corrected chi connectivity index (χ4v) is 2.74. The van der Waals surface area contributed by atoms with E-state index in [0.717, 1.165) is 25.7 Å². The van der Waals surface area contributed by atoms with E-state index in [0.29, 0.717) is 6.42 Å². The topological polar surface area (TPSA) is 84.5 Å². The lowest BCUT2D eigenvalue weighted by Gasteiger charge is -2.30. The van der Waals surface area contributed by atoms with Gasteiger partial charge in [0.2, 0.25) is 11.8 Å². The predicted molar refractivity (Wildman–Crippen MR) is 83.0 cm³/mol. The van der Waals surface area contributed by atoms with Gasteiger partial charge in [-0.05, 0) is 31.6 Å². The molecule has 0 aromatic rings. The number of carbonyl (C=O) groups is 3. The average Bonchev–Trinajstić information content (AvgIpc) is 2.51. The molecular formula is C16H28N2O4. The second-order valence-electron chi connectivity index (χ2n) is 6.22. The summed E-state index contributed by atoms with van der Waals surface area (Å²) >= 11 is 0. The Labute approximate surface area is 132 Å². The first-order chi connectivity index (χ1) is 10.4. The highest BCUT2D eigenvalue weighted by molar-refractivity contribution is 5.87. The second kappa shape index (κ2) is 8.76.